The van der Waals surface area contributed by atoms with Gasteiger partial charge in [0, 0.05) is 24.6 Å². The van der Waals surface area contributed by atoms with Gasteiger partial charge in [0.05, 0.1) is 12.3 Å². The minimum atomic E-state index is -0.216. The van der Waals surface area contributed by atoms with Gasteiger partial charge in [-0.05, 0) is 43.7 Å². The van der Waals surface area contributed by atoms with E-state index in [0.717, 1.165) is 16.9 Å². The van der Waals surface area contributed by atoms with Gasteiger partial charge < -0.3 is 10.1 Å². The van der Waals surface area contributed by atoms with Gasteiger partial charge in [0.15, 0.2) is 0 Å². The maximum Gasteiger partial charge on any atom is 0.257 e. The van der Waals surface area contributed by atoms with E-state index in [4.69, 9.17) is 4.74 Å². The fourth-order valence-corrected chi connectivity index (χ4v) is 2.52. The molecule has 0 bridgehead atoms. The Hall–Kier alpha value is -3.15. The number of nitrogens with zero attached hydrogens (tertiary/aromatic N) is 3. The molecule has 0 aliphatic heterocycles. The van der Waals surface area contributed by atoms with Crippen LogP contribution >= 0.6 is 0 Å². The summed E-state index contributed by atoms with van der Waals surface area (Å²) in [4.78, 5) is 16.9. The standard InChI is InChI=1S/C19H20N4O2/c1-3-25-19-16(10-9-14(2)22-19)18(24)20-13-15-7-4-5-8-17(15)23-12-6-11-21-23/h4-12H,3,13H2,1-2H3,(H,20,24). The van der Waals surface area contributed by atoms with E-state index in [1.165, 1.54) is 0 Å². The van der Waals surface area contributed by atoms with Crippen LogP contribution in [0.15, 0.2) is 54.9 Å². The number of benzene rings is 1. The topological polar surface area (TPSA) is 69.0 Å². The molecule has 0 radical (unpaired) electrons. The van der Waals surface area contributed by atoms with Crippen LogP contribution in [0.1, 0.15) is 28.5 Å². The normalized spacial score (nSPS) is 10.5. The van der Waals surface area contributed by atoms with Crippen molar-refractivity contribution in [3.63, 3.8) is 0 Å². The lowest BCUT2D eigenvalue weighted by Crippen LogP contribution is -2.24. The Morgan fingerprint density at radius 1 is 1.20 bits per heavy atom. The van der Waals surface area contributed by atoms with Crippen molar-refractivity contribution < 1.29 is 9.53 Å². The zero-order valence-electron chi connectivity index (χ0n) is 14.3. The lowest BCUT2D eigenvalue weighted by Gasteiger charge is -2.12. The number of carbonyl (C=O) groups is 1. The van der Waals surface area contributed by atoms with Gasteiger partial charge in [0.1, 0.15) is 5.56 Å². The van der Waals surface area contributed by atoms with Crippen molar-refractivity contribution in [3.05, 3.63) is 71.7 Å². The number of hydrogen-bond acceptors (Lipinski definition) is 4. The molecule has 6 heteroatoms. The quantitative estimate of drug-likeness (QED) is 0.751. The van der Waals surface area contributed by atoms with Crippen LogP contribution in [0.4, 0.5) is 0 Å². The predicted molar refractivity (Wildman–Crippen MR) is 94.9 cm³/mol. The molecule has 0 spiro atoms. The van der Waals surface area contributed by atoms with Crippen molar-refractivity contribution in [2.45, 2.75) is 20.4 Å². The first-order chi connectivity index (χ1) is 12.2. The van der Waals surface area contributed by atoms with Gasteiger partial charge in [-0.2, -0.15) is 5.10 Å². The molecule has 1 N–H and O–H groups in total. The number of hydrogen-bond donors (Lipinski definition) is 1. The molecule has 0 unspecified atom stereocenters. The van der Waals surface area contributed by atoms with E-state index in [0.29, 0.717) is 24.6 Å². The molecule has 2 heterocycles. The van der Waals surface area contributed by atoms with Crippen LogP contribution in [0.3, 0.4) is 0 Å². The average Bonchev–Trinajstić information content (AvgIpc) is 3.15. The number of nitrogens with one attached hydrogen (secondary N) is 1. The fraction of sp³-hybridized carbons (Fsp3) is 0.211. The Morgan fingerprint density at radius 3 is 2.80 bits per heavy atom. The molecule has 0 aliphatic carbocycles. The van der Waals surface area contributed by atoms with Gasteiger partial charge in [0.25, 0.3) is 5.91 Å². The first-order valence-electron chi connectivity index (χ1n) is 8.15. The first kappa shape index (κ1) is 16.7. The Kier molecular flexibility index (Phi) is 5.09. The smallest absolute Gasteiger partial charge is 0.257 e. The highest BCUT2D eigenvalue weighted by atomic mass is 16.5. The van der Waals surface area contributed by atoms with E-state index in [2.05, 4.69) is 15.4 Å². The molecule has 0 saturated carbocycles. The van der Waals surface area contributed by atoms with Crippen LogP contribution in [0, 0.1) is 6.92 Å². The molecule has 3 aromatic rings. The summed E-state index contributed by atoms with van der Waals surface area (Å²) < 4.78 is 7.27. The molecular weight excluding hydrogens is 316 g/mol. The Morgan fingerprint density at radius 2 is 2.04 bits per heavy atom. The molecule has 2 aromatic heterocycles. The molecule has 0 atom stereocenters. The van der Waals surface area contributed by atoms with E-state index in [1.54, 1.807) is 23.0 Å². The van der Waals surface area contributed by atoms with Gasteiger partial charge in [0.2, 0.25) is 5.88 Å². The molecule has 3 rings (SSSR count). The maximum atomic E-state index is 12.6. The first-order valence-corrected chi connectivity index (χ1v) is 8.15. The van der Waals surface area contributed by atoms with Gasteiger partial charge in [-0.3, -0.25) is 4.79 Å². The van der Waals surface area contributed by atoms with Gasteiger partial charge in [-0.15, -0.1) is 0 Å². The monoisotopic (exact) mass is 336 g/mol. The lowest BCUT2D eigenvalue weighted by molar-refractivity contribution is 0.0946. The molecular formula is C19H20N4O2. The molecule has 25 heavy (non-hydrogen) atoms. The number of aryl methyl sites for hydroxylation is 1. The Bertz CT molecular complexity index is 860. The summed E-state index contributed by atoms with van der Waals surface area (Å²) in [6.07, 6.45) is 3.60. The summed E-state index contributed by atoms with van der Waals surface area (Å²) in [5.41, 5.74) is 3.14. The zero-order valence-corrected chi connectivity index (χ0v) is 14.3. The second kappa shape index (κ2) is 7.61. The van der Waals surface area contributed by atoms with Crippen LogP contribution in [0.5, 0.6) is 5.88 Å². The Labute approximate surface area is 146 Å². The maximum absolute atomic E-state index is 12.6. The molecule has 6 nitrogen and oxygen atoms in total. The molecule has 0 aliphatic rings. The highest BCUT2D eigenvalue weighted by molar-refractivity contribution is 5.96. The largest absolute Gasteiger partial charge is 0.477 e. The molecule has 0 fully saturated rings. The molecule has 128 valence electrons. The van der Waals surface area contributed by atoms with Crippen molar-refractivity contribution in [1.29, 1.82) is 0 Å². The van der Waals surface area contributed by atoms with Crippen molar-refractivity contribution in [2.75, 3.05) is 6.61 Å². The number of carbonyl (C=O) groups excluding carboxylic acids is 1. The number of rotatable bonds is 6. The summed E-state index contributed by atoms with van der Waals surface area (Å²) in [7, 11) is 0. The highest BCUT2D eigenvalue weighted by Gasteiger charge is 2.15. The van der Waals surface area contributed by atoms with Crippen LogP contribution in [-0.2, 0) is 6.54 Å². The third-order valence-electron chi connectivity index (χ3n) is 3.71. The number of aromatic nitrogens is 3. The second-order valence-corrected chi connectivity index (χ2v) is 5.50. The highest BCUT2D eigenvalue weighted by Crippen LogP contribution is 2.17. The predicted octanol–water partition coefficient (Wildman–Crippen LogP) is 2.90. The minimum absolute atomic E-state index is 0.216. The van der Waals surface area contributed by atoms with Crippen molar-refractivity contribution >= 4 is 5.91 Å². The van der Waals surface area contributed by atoms with Crippen LogP contribution in [-0.4, -0.2) is 27.3 Å². The van der Waals surface area contributed by atoms with E-state index < -0.39 is 0 Å². The molecule has 1 amide bonds. The SMILES string of the molecule is CCOc1nc(C)ccc1C(=O)NCc1ccccc1-n1cccn1. The summed E-state index contributed by atoms with van der Waals surface area (Å²) in [5, 5.41) is 7.19. The Balaban J connectivity index is 1.78. The second-order valence-electron chi connectivity index (χ2n) is 5.50. The van der Waals surface area contributed by atoms with Crippen LogP contribution < -0.4 is 10.1 Å². The third kappa shape index (κ3) is 3.85. The summed E-state index contributed by atoms with van der Waals surface area (Å²) >= 11 is 0. The van der Waals surface area contributed by atoms with Gasteiger partial charge in [-0.1, -0.05) is 18.2 Å². The molecule has 0 saturated heterocycles. The number of ether oxygens (including phenoxy) is 1. The lowest BCUT2D eigenvalue weighted by atomic mass is 10.1. The van der Waals surface area contributed by atoms with Crippen LogP contribution in [0.2, 0.25) is 0 Å². The summed E-state index contributed by atoms with van der Waals surface area (Å²) in [6.45, 7) is 4.57. The van der Waals surface area contributed by atoms with E-state index in [9.17, 15) is 4.79 Å². The zero-order chi connectivity index (χ0) is 17.6. The fourth-order valence-electron chi connectivity index (χ4n) is 2.52. The minimum Gasteiger partial charge on any atom is -0.477 e. The van der Waals surface area contributed by atoms with Crippen molar-refractivity contribution in [2.24, 2.45) is 0 Å². The van der Waals surface area contributed by atoms with E-state index in [-0.39, 0.29) is 5.91 Å². The van der Waals surface area contributed by atoms with E-state index >= 15 is 0 Å². The number of para-hydroxylation sites is 1. The van der Waals surface area contributed by atoms with Gasteiger partial charge in [-0.25, -0.2) is 9.67 Å². The average molecular weight is 336 g/mol. The summed E-state index contributed by atoms with van der Waals surface area (Å²) in [5.74, 6) is 0.145. The summed E-state index contributed by atoms with van der Waals surface area (Å²) in [6, 6.07) is 13.2. The van der Waals surface area contributed by atoms with Crippen LogP contribution in [0.25, 0.3) is 5.69 Å². The van der Waals surface area contributed by atoms with Gasteiger partial charge >= 0.3 is 0 Å². The van der Waals surface area contributed by atoms with E-state index in [1.807, 2.05) is 50.4 Å². The molecule has 1 aromatic carbocycles. The van der Waals surface area contributed by atoms with Crippen molar-refractivity contribution in [3.8, 4) is 11.6 Å². The number of amides is 1. The van der Waals surface area contributed by atoms with Crippen molar-refractivity contribution in [1.82, 2.24) is 20.1 Å². The third-order valence-corrected chi connectivity index (χ3v) is 3.71. The number of pyridine rings is 1.